The Bertz CT molecular complexity index is 424. The Morgan fingerprint density at radius 1 is 1.24 bits per heavy atom. The lowest BCUT2D eigenvalue weighted by Crippen LogP contribution is -2.13. The first kappa shape index (κ1) is 14.1. The second-order valence-electron chi connectivity index (χ2n) is 4.36. The van der Waals surface area contributed by atoms with E-state index < -0.39 is 10.8 Å². The normalized spacial score (nSPS) is 12.4. The third-order valence-corrected chi connectivity index (χ3v) is 4.17. The molecule has 17 heavy (non-hydrogen) atoms. The molecule has 0 bridgehead atoms. The molecule has 2 nitrogen and oxygen atoms in total. The summed E-state index contributed by atoms with van der Waals surface area (Å²) < 4.78 is 11.6. The van der Waals surface area contributed by atoms with Crippen molar-refractivity contribution in [1.29, 1.82) is 0 Å². The fourth-order valence-corrected chi connectivity index (χ4v) is 2.74. The number of hydrogen-bond donors (Lipinski definition) is 0. The van der Waals surface area contributed by atoms with Crippen molar-refractivity contribution in [3.05, 3.63) is 34.9 Å². The lowest BCUT2D eigenvalue weighted by molar-refractivity contribution is 0.102. The van der Waals surface area contributed by atoms with Gasteiger partial charge in [0, 0.05) is 22.1 Å². The molecule has 1 atom stereocenters. The molecule has 0 amide bonds. The van der Waals surface area contributed by atoms with E-state index in [9.17, 15) is 9.00 Å². The van der Waals surface area contributed by atoms with Gasteiger partial charge in [0.05, 0.1) is 5.75 Å². The van der Waals surface area contributed by atoms with E-state index >= 15 is 0 Å². The molecule has 0 saturated carbocycles. The summed E-state index contributed by atoms with van der Waals surface area (Å²) in [6, 6.07) is 5.65. The van der Waals surface area contributed by atoms with Crippen LogP contribution in [0.5, 0.6) is 0 Å². The molecular weight excluding hydrogens is 232 g/mol. The summed E-state index contributed by atoms with van der Waals surface area (Å²) in [5.74, 6) is 0.776. The first-order valence-corrected chi connectivity index (χ1v) is 7.48. The van der Waals surface area contributed by atoms with Crippen LogP contribution < -0.4 is 0 Å². The monoisotopic (exact) mass is 252 g/mol. The minimum absolute atomic E-state index is 0.0115. The van der Waals surface area contributed by atoms with Crippen LogP contribution in [0.15, 0.2) is 18.2 Å². The topological polar surface area (TPSA) is 34.1 Å². The third kappa shape index (κ3) is 4.43. The maximum atomic E-state index is 11.9. The summed E-state index contributed by atoms with van der Waals surface area (Å²) in [5, 5.41) is 0. The average Bonchev–Trinajstić information content (AvgIpc) is 2.30. The van der Waals surface area contributed by atoms with Crippen LogP contribution in [0.1, 0.15) is 41.3 Å². The second kappa shape index (κ2) is 6.70. The molecule has 0 spiro atoms. The van der Waals surface area contributed by atoms with Crippen molar-refractivity contribution in [2.75, 3.05) is 11.5 Å². The van der Waals surface area contributed by atoms with Gasteiger partial charge in [0.15, 0.2) is 5.78 Å². The second-order valence-corrected chi connectivity index (χ2v) is 5.94. The fraction of sp³-hybridized carbons (Fsp3) is 0.500. The number of aryl methyl sites for hydroxylation is 2. The lowest BCUT2D eigenvalue weighted by atomic mass is 10.0. The van der Waals surface area contributed by atoms with Crippen molar-refractivity contribution in [3.63, 3.8) is 0 Å². The van der Waals surface area contributed by atoms with Crippen LogP contribution >= 0.6 is 0 Å². The van der Waals surface area contributed by atoms with Gasteiger partial charge >= 0.3 is 0 Å². The van der Waals surface area contributed by atoms with Crippen molar-refractivity contribution in [3.8, 4) is 0 Å². The van der Waals surface area contributed by atoms with Gasteiger partial charge in [-0.15, -0.1) is 0 Å². The highest BCUT2D eigenvalue weighted by molar-refractivity contribution is 7.85. The van der Waals surface area contributed by atoms with Crippen LogP contribution in [-0.4, -0.2) is 21.5 Å². The maximum absolute atomic E-state index is 11.9. The number of Topliss-reactive ketones (excluding diaryl/α,β-unsaturated/α-hetero) is 1. The van der Waals surface area contributed by atoms with E-state index in [0.717, 1.165) is 18.4 Å². The highest BCUT2D eigenvalue weighted by Gasteiger charge is 2.10. The van der Waals surface area contributed by atoms with Crippen LogP contribution in [0.25, 0.3) is 0 Å². The SMILES string of the molecule is CCCCS(=O)CC(=O)c1ccc(C)c(C)c1. The van der Waals surface area contributed by atoms with Gasteiger partial charge in [0.2, 0.25) is 0 Å². The first-order chi connectivity index (χ1) is 8.04. The molecule has 1 unspecified atom stereocenters. The Labute approximate surface area is 106 Å². The quantitative estimate of drug-likeness (QED) is 0.729. The van der Waals surface area contributed by atoms with E-state index in [-0.39, 0.29) is 11.5 Å². The zero-order valence-corrected chi connectivity index (χ0v) is 11.6. The summed E-state index contributed by atoms with van der Waals surface area (Å²) in [4.78, 5) is 11.9. The molecule has 94 valence electrons. The summed E-state index contributed by atoms with van der Waals surface area (Å²) in [6.45, 7) is 6.06. The standard InChI is InChI=1S/C14H20O2S/c1-4-5-8-17(16)10-14(15)13-7-6-11(2)12(3)9-13/h6-7,9H,4-5,8,10H2,1-3H3. The molecule has 0 heterocycles. The average molecular weight is 252 g/mol. The Kier molecular flexibility index (Phi) is 5.56. The summed E-state index contributed by atoms with van der Waals surface area (Å²) in [5.41, 5.74) is 2.96. The Hall–Kier alpha value is -0.960. The lowest BCUT2D eigenvalue weighted by Gasteiger charge is -2.04. The molecule has 0 aliphatic heterocycles. The molecule has 0 radical (unpaired) electrons. The van der Waals surface area contributed by atoms with Crippen LogP contribution in [-0.2, 0) is 10.8 Å². The van der Waals surface area contributed by atoms with Crippen molar-refractivity contribution >= 4 is 16.6 Å². The number of benzene rings is 1. The molecule has 1 aromatic rings. The Balaban J connectivity index is 2.63. The van der Waals surface area contributed by atoms with Crippen molar-refractivity contribution in [2.45, 2.75) is 33.6 Å². The molecule has 1 aromatic carbocycles. The number of hydrogen-bond acceptors (Lipinski definition) is 2. The van der Waals surface area contributed by atoms with E-state index in [1.165, 1.54) is 5.56 Å². The molecule has 1 rings (SSSR count). The summed E-state index contributed by atoms with van der Waals surface area (Å²) >= 11 is 0. The van der Waals surface area contributed by atoms with Crippen molar-refractivity contribution in [1.82, 2.24) is 0 Å². The molecule has 0 fully saturated rings. The van der Waals surface area contributed by atoms with Gasteiger partial charge in [0.1, 0.15) is 0 Å². The number of unbranched alkanes of at least 4 members (excludes halogenated alkanes) is 1. The molecule has 0 N–H and O–H groups in total. The molecule has 0 aliphatic carbocycles. The van der Waals surface area contributed by atoms with Gasteiger partial charge in [-0.25, -0.2) is 0 Å². The van der Waals surface area contributed by atoms with Gasteiger partial charge < -0.3 is 0 Å². The highest BCUT2D eigenvalue weighted by atomic mass is 32.2. The maximum Gasteiger partial charge on any atom is 0.175 e. The summed E-state index contributed by atoms with van der Waals surface area (Å²) in [7, 11) is -1.01. The number of rotatable bonds is 6. The highest BCUT2D eigenvalue weighted by Crippen LogP contribution is 2.11. The minimum Gasteiger partial charge on any atom is -0.293 e. The number of ketones is 1. The van der Waals surface area contributed by atoms with Crippen LogP contribution in [0, 0.1) is 13.8 Å². The summed E-state index contributed by atoms with van der Waals surface area (Å²) in [6.07, 6.45) is 1.94. The van der Waals surface area contributed by atoms with Crippen molar-refractivity contribution < 1.29 is 9.00 Å². The Morgan fingerprint density at radius 3 is 2.53 bits per heavy atom. The third-order valence-electron chi connectivity index (χ3n) is 2.85. The predicted octanol–water partition coefficient (Wildman–Crippen LogP) is 3.03. The minimum atomic E-state index is -1.01. The van der Waals surface area contributed by atoms with Gasteiger partial charge in [-0.2, -0.15) is 0 Å². The van der Waals surface area contributed by atoms with E-state index in [1.807, 2.05) is 32.0 Å². The largest absolute Gasteiger partial charge is 0.293 e. The zero-order chi connectivity index (χ0) is 12.8. The molecule has 0 saturated heterocycles. The van der Waals surface area contributed by atoms with E-state index in [1.54, 1.807) is 0 Å². The smallest absolute Gasteiger partial charge is 0.175 e. The van der Waals surface area contributed by atoms with Crippen LogP contribution in [0.3, 0.4) is 0 Å². The number of carbonyl (C=O) groups excluding carboxylic acids is 1. The van der Waals surface area contributed by atoms with E-state index in [4.69, 9.17) is 0 Å². The van der Waals surface area contributed by atoms with Gasteiger partial charge in [-0.1, -0.05) is 25.5 Å². The van der Waals surface area contributed by atoms with Crippen LogP contribution in [0.2, 0.25) is 0 Å². The van der Waals surface area contributed by atoms with Crippen LogP contribution in [0.4, 0.5) is 0 Å². The van der Waals surface area contributed by atoms with Gasteiger partial charge in [0.25, 0.3) is 0 Å². The predicted molar refractivity (Wildman–Crippen MR) is 73.0 cm³/mol. The molecule has 3 heteroatoms. The number of carbonyl (C=O) groups is 1. The molecule has 0 aliphatic rings. The van der Waals surface area contributed by atoms with Crippen molar-refractivity contribution in [2.24, 2.45) is 0 Å². The van der Waals surface area contributed by atoms with Gasteiger partial charge in [-0.05, 0) is 37.5 Å². The zero-order valence-electron chi connectivity index (χ0n) is 10.8. The van der Waals surface area contributed by atoms with Gasteiger partial charge in [-0.3, -0.25) is 9.00 Å². The van der Waals surface area contributed by atoms with E-state index in [0.29, 0.717) is 11.3 Å². The molecule has 0 aromatic heterocycles. The van der Waals surface area contributed by atoms with E-state index in [2.05, 4.69) is 6.92 Å². The first-order valence-electron chi connectivity index (χ1n) is 6.00. The molecular formula is C14H20O2S. The Morgan fingerprint density at radius 2 is 1.94 bits per heavy atom. The fourth-order valence-electron chi connectivity index (χ4n) is 1.52.